The van der Waals surface area contributed by atoms with Crippen molar-refractivity contribution in [2.45, 2.75) is 32.4 Å². The number of rotatable bonds is 5. The summed E-state index contributed by atoms with van der Waals surface area (Å²) in [5.74, 6) is 0.831. The van der Waals surface area contributed by atoms with E-state index in [-0.39, 0.29) is 24.0 Å². The zero-order valence-corrected chi connectivity index (χ0v) is 15.4. The van der Waals surface area contributed by atoms with Crippen molar-refractivity contribution in [3.8, 4) is 0 Å². The normalized spacial score (nSPS) is 18.2. The SMILES string of the molecule is CCNC(=NCc1ccc(Cl)cc1)NCC1CCCO1.I. The zero-order chi connectivity index (χ0) is 14.2. The van der Waals surface area contributed by atoms with Crippen LogP contribution in [0.4, 0.5) is 0 Å². The molecule has 2 rings (SSSR count). The molecule has 1 heterocycles. The number of benzene rings is 1. The maximum atomic E-state index is 5.87. The Kier molecular flexibility index (Phi) is 9.03. The molecule has 6 heteroatoms. The van der Waals surface area contributed by atoms with E-state index < -0.39 is 0 Å². The van der Waals surface area contributed by atoms with Gasteiger partial charge in [0, 0.05) is 24.7 Å². The zero-order valence-electron chi connectivity index (χ0n) is 12.3. The van der Waals surface area contributed by atoms with E-state index >= 15 is 0 Å². The molecule has 0 spiro atoms. The largest absolute Gasteiger partial charge is 0.376 e. The van der Waals surface area contributed by atoms with Gasteiger partial charge < -0.3 is 15.4 Å². The predicted molar refractivity (Wildman–Crippen MR) is 98.7 cm³/mol. The van der Waals surface area contributed by atoms with E-state index in [9.17, 15) is 0 Å². The molecule has 0 amide bonds. The third kappa shape index (κ3) is 6.84. The predicted octanol–water partition coefficient (Wildman–Crippen LogP) is 3.19. The quantitative estimate of drug-likeness (QED) is 0.434. The van der Waals surface area contributed by atoms with Crippen LogP contribution in [0.5, 0.6) is 0 Å². The highest BCUT2D eigenvalue weighted by molar-refractivity contribution is 14.0. The average molecular weight is 424 g/mol. The van der Waals surface area contributed by atoms with Crippen molar-refractivity contribution >= 4 is 41.5 Å². The molecule has 1 aromatic rings. The van der Waals surface area contributed by atoms with Gasteiger partial charge in [-0.25, -0.2) is 4.99 Å². The number of ether oxygens (including phenoxy) is 1. The second-order valence-corrected chi connectivity index (χ2v) is 5.27. The van der Waals surface area contributed by atoms with Gasteiger partial charge in [0.25, 0.3) is 0 Å². The van der Waals surface area contributed by atoms with E-state index in [1.165, 1.54) is 0 Å². The number of hydrogen-bond donors (Lipinski definition) is 2. The van der Waals surface area contributed by atoms with Crippen molar-refractivity contribution < 1.29 is 4.74 Å². The molecule has 1 saturated heterocycles. The number of nitrogens with one attached hydrogen (secondary N) is 2. The van der Waals surface area contributed by atoms with Crippen LogP contribution in [0.1, 0.15) is 25.3 Å². The van der Waals surface area contributed by atoms with Crippen LogP contribution in [0.3, 0.4) is 0 Å². The molecule has 4 nitrogen and oxygen atoms in total. The van der Waals surface area contributed by atoms with Crippen LogP contribution < -0.4 is 10.6 Å². The Morgan fingerprint density at radius 2 is 2.10 bits per heavy atom. The van der Waals surface area contributed by atoms with E-state index in [1.54, 1.807) is 0 Å². The lowest BCUT2D eigenvalue weighted by Crippen LogP contribution is -2.41. The van der Waals surface area contributed by atoms with Gasteiger partial charge in [-0.1, -0.05) is 23.7 Å². The number of hydrogen-bond acceptors (Lipinski definition) is 2. The first kappa shape index (κ1) is 18.5. The number of halogens is 2. The smallest absolute Gasteiger partial charge is 0.191 e. The molecule has 118 valence electrons. The first-order valence-corrected chi connectivity index (χ1v) is 7.54. The van der Waals surface area contributed by atoms with Gasteiger partial charge in [0.2, 0.25) is 0 Å². The van der Waals surface area contributed by atoms with Crippen LogP contribution in [0.25, 0.3) is 0 Å². The highest BCUT2D eigenvalue weighted by Crippen LogP contribution is 2.11. The van der Waals surface area contributed by atoms with Gasteiger partial charge in [0.15, 0.2) is 5.96 Å². The number of guanidine groups is 1. The molecule has 21 heavy (non-hydrogen) atoms. The Balaban J connectivity index is 0.00000220. The van der Waals surface area contributed by atoms with Crippen molar-refractivity contribution in [2.24, 2.45) is 4.99 Å². The monoisotopic (exact) mass is 423 g/mol. The Morgan fingerprint density at radius 3 is 2.71 bits per heavy atom. The molecule has 0 radical (unpaired) electrons. The Labute approximate surface area is 148 Å². The van der Waals surface area contributed by atoms with Crippen molar-refractivity contribution in [3.05, 3.63) is 34.9 Å². The highest BCUT2D eigenvalue weighted by Gasteiger charge is 2.15. The van der Waals surface area contributed by atoms with E-state index in [2.05, 4.69) is 22.5 Å². The van der Waals surface area contributed by atoms with Crippen LogP contribution in [0.15, 0.2) is 29.3 Å². The maximum absolute atomic E-state index is 5.87. The molecule has 0 aliphatic carbocycles. The maximum Gasteiger partial charge on any atom is 0.191 e. The van der Waals surface area contributed by atoms with Crippen LogP contribution in [0, 0.1) is 0 Å². The van der Waals surface area contributed by atoms with Crippen molar-refractivity contribution in [2.75, 3.05) is 19.7 Å². The third-order valence-corrected chi connectivity index (χ3v) is 3.45. The van der Waals surface area contributed by atoms with Gasteiger partial charge in [-0.15, -0.1) is 24.0 Å². The third-order valence-electron chi connectivity index (χ3n) is 3.20. The van der Waals surface area contributed by atoms with Crippen molar-refractivity contribution in [1.29, 1.82) is 0 Å². The summed E-state index contributed by atoms with van der Waals surface area (Å²) in [4.78, 5) is 4.57. The molecule has 0 bridgehead atoms. The fourth-order valence-corrected chi connectivity index (χ4v) is 2.24. The van der Waals surface area contributed by atoms with Gasteiger partial charge in [-0.05, 0) is 37.5 Å². The summed E-state index contributed by atoms with van der Waals surface area (Å²) >= 11 is 5.87. The summed E-state index contributed by atoms with van der Waals surface area (Å²) in [5, 5.41) is 7.33. The molecule has 1 unspecified atom stereocenters. The lowest BCUT2D eigenvalue weighted by Gasteiger charge is -2.14. The molecular weight excluding hydrogens is 401 g/mol. The molecule has 1 fully saturated rings. The van der Waals surface area contributed by atoms with Crippen LogP contribution in [0.2, 0.25) is 5.02 Å². The fourth-order valence-electron chi connectivity index (χ4n) is 2.12. The van der Waals surface area contributed by atoms with Gasteiger partial charge in [-0.2, -0.15) is 0 Å². The molecule has 2 N–H and O–H groups in total. The minimum absolute atomic E-state index is 0. The van der Waals surface area contributed by atoms with Crippen molar-refractivity contribution in [1.82, 2.24) is 10.6 Å². The summed E-state index contributed by atoms with van der Waals surface area (Å²) in [5.41, 5.74) is 1.14. The number of aliphatic imine (C=N–C) groups is 1. The summed E-state index contributed by atoms with van der Waals surface area (Å²) in [6, 6.07) is 7.77. The minimum atomic E-state index is 0. The van der Waals surface area contributed by atoms with Gasteiger partial charge in [0.05, 0.1) is 12.6 Å². The summed E-state index contributed by atoms with van der Waals surface area (Å²) in [7, 11) is 0. The van der Waals surface area contributed by atoms with Crippen LogP contribution >= 0.6 is 35.6 Å². The summed E-state index contributed by atoms with van der Waals surface area (Å²) in [6.45, 7) is 5.23. The number of nitrogens with zero attached hydrogens (tertiary/aromatic N) is 1. The van der Waals surface area contributed by atoms with E-state index in [4.69, 9.17) is 16.3 Å². The lowest BCUT2D eigenvalue weighted by molar-refractivity contribution is 0.114. The Bertz CT molecular complexity index is 433. The topological polar surface area (TPSA) is 45.7 Å². The molecule has 0 aromatic heterocycles. The van der Waals surface area contributed by atoms with E-state index in [0.29, 0.717) is 12.6 Å². The van der Waals surface area contributed by atoms with Gasteiger partial charge in [-0.3, -0.25) is 0 Å². The standard InChI is InChI=1S/C15H22ClN3O.HI/c1-2-17-15(19-11-14-4-3-9-20-14)18-10-12-5-7-13(16)8-6-12;/h5-8,14H,2-4,9-11H2,1H3,(H2,17,18,19);1H. The molecule has 1 atom stereocenters. The summed E-state index contributed by atoms with van der Waals surface area (Å²) in [6.07, 6.45) is 2.60. The molecule has 1 aliphatic rings. The van der Waals surface area contributed by atoms with Crippen LogP contribution in [-0.2, 0) is 11.3 Å². The average Bonchev–Trinajstić information content (AvgIpc) is 2.97. The van der Waals surface area contributed by atoms with Gasteiger partial charge in [0.1, 0.15) is 0 Å². The molecular formula is C15H23ClIN3O. The lowest BCUT2D eigenvalue weighted by atomic mass is 10.2. The van der Waals surface area contributed by atoms with Gasteiger partial charge >= 0.3 is 0 Å². The molecule has 0 saturated carbocycles. The first-order chi connectivity index (χ1) is 9.78. The second kappa shape index (κ2) is 10.2. The van der Waals surface area contributed by atoms with Crippen LogP contribution in [-0.4, -0.2) is 31.8 Å². The molecule has 1 aliphatic heterocycles. The Hall–Kier alpha value is -0.530. The van der Waals surface area contributed by atoms with E-state index in [1.807, 2.05) is 24.3 Å². The second-order valence-electron chi connectivity index (χ2n) is 4.84. The minimum Gasteiger partial charge on any atom is -0.376 e. The van der Waals surface area contributed by atoms with E-state index in [0.717, 1.165) is 49.1 Å². The summed E-state index contributed by atoms with van der Waals surface area (Å²) < 4.78 is 5.60. The molecule has 1 aromatic carbocycles. The first-order valence-electron chi connectivity index (χ1n) is 7.16. The fraction of sp³-hybridized carbons (Fsp3) is 0.533. The van der Waals surface area contributed by atoms with Crippen molar-refractivity contribution in [3.63, 3.8) is 0 Å². The highest BCUT2D eigenvalue weighted by atomic mass is 127. The Morgan fingerprint density at radius 1 is 1.33 bits per heavy atom.